The smallest absolute Gasteiger partial charge is 0.339 e. The number of hydrogen-bond donors (Lipinski definition) is 0. The van der Waals surface area contributed by atoms with Crippen LogP contribution in [-0.2, 0) is 0 Å². The Bertz CT molecular complexity index is 598. The van der Waals surface area contributed by atoms with Crippen LogP contribution in [0.2, 0.25) is 0 Å². The fraction of sp³-hybridized carbons (Fsp3) is 0.154. The first kappa shape index (κ1) is 11.3. The van der Waals surface area contributed by atoms with Crippen molar-refractivity contribution in [2.75, 3.05) is 13.7 Å². The molecule has 0 bridgehead atoms. The highest BCUT2D eigenvalue weighted by molar-refractivity contribution is 5.84. The largest absolute Gasteiger partial charge is 0.497 e. The van der Waals surface area contributed by atoms with Crippen LogP contribution in [0.3, 0.4) is 0 Å². The van der Waals surface area contributed by atoms with Crippen LogP contribution < -0.4 is 15.1 Å². The molecule has 2 aromatic rings. The van der Waals surface area contributed by atoms with Gasteiger partial charge in [-0.05, 0) is 18.2 Å². The zero-order valence-corrected chi connectivity index (χ0v) is 9.43. The third kappa shape index (κ3) is 2.30. The van der Waals surface area contributed by atoms with Crippen molar-refractivity contribution in [3.63, 3.8) is 0 Å². The van der Waals surface area contributed by atoms with Crippen LogP contribution in [0.1, 0.15) is 0 Å². The minimum absolute atomic E-state index is 0.329. The molecule has 0 amide bonds. The zero-order valence-electron chi connectivity index (χ0n) is 9.43. The lowest BCUT2D eigenvalue weighted by Gasteiger charge is -2.07. The first-order chi connectivity index (χ1) is 8.24. The van der Waals surface area contributed by atoms with Crippen LogP contribution in [-0.4, -0.2) is 13.7 Å². The van der Waals surface area contributed by atoms with Gasteiger partial charge in [0.2, 0.25) is 0 Å². The summed E-state index contributed by atoms with van der Waals surface area (Å²) in [5.41, 5.74) is 0.0269. The maximum absolute atomic E-state index is 11.3. The molecule has 0 aliphatic heterocycles. The zero-order chi connectivity index (χ0) is 12.3. The third-order valence-electron chi connectivity index (χ3n) is 2.27. The van der Waals surface area contributed by atoms with Gasteiger partial charge in [0.05, 0.1) is 18.6 Å². The van der Waals surface area contributed by atoms with E-state index in [9.17, 15) is 4.79 Å². The molecular formula is C13H12O4. The van der Waals surface area contributed by atoms with Crippen LogP contribution in [0.4, 0.5) is 0 Å². The van der Waals surface area contributed by atoms with Crippen molar-refractivity contribution in [3.8, 4) is 11.5 Å². The lowest BCUT2D eigenvalue weighted by molar-refractivity contribution is 0.363. The molecule has 0 aliphatic carbocycles. The summed E-state index contributed by atoms with van der Waals surface area (Å²) in [5.74, 6) is 1.14. The number of ether oxygens (including phenoxy) is 2. The molecule has 88 valence electrons. The minimum Gasteiger partial charge on any atom is -0.497 e. The van der Waals surface area contributed by atoms with E-state index < -0.39 is 5.63 Å². The first-order valence-corrected chi connectivity index (χ1v) is 5.10. The monoisotopic (exact) mass is 232 g/mol. The van der Waals surface area contributed by atoms with Crippen LogP contribution in [0.25, 0.3) is 11.0 Å². The van der Waals surface area contributed by atoms with Crippen molar-refractivity contribution < 1.29 is 13.9 Å². The standard InChI is InChI=1S/C13H12O4/c1-3-6-16-12-8-13(14)17-11-5-4-9(15-2)7-10(11)12/h3-5,7-8H,1,6H2,2H3. The van der Waals surface area contributed by atoms with Crippen molar-refractivity contribution in [2.45, 2.75) is 0 Å². The maximum Gasteiger partial charge on any atom is 0.339 e. The molecular weight excluding hydrogens is 220 g/mol. The number of methoxy groups -OCH3 is 1. The van der Waals surface area contributed by atoms with E-state index in [1.54, 1.807) is 31.4 Å². The van der Waals surface area contributed by atoms with E-state index in [1.165, 1.54) is 6.07 Å². The molecule has 0 radical (unpaired) electrons. The Kier molecular flexibility index (Phi) is 3.14. The van der Waals surface area contributed by atoms with E-state index in [0.717, 1.165) is 0 Å². The van der Waals surface area contributed by atoms with Crippen LogP contribution in [0.15, 0.2) is 46.1 Å². The second-order valence-electron chi connectivity index (χ2n) is 3.39. The number of fused-ring (bicyclic) bond motifs is 1. The van der Waals surface area contributed by atoms with Gasteiger partial charge in [-0.2, -0.15) is 0 Å². The van der Waals surface area contributed by atoms with Gasteiger partial charge >= 0.3 is 5.63 Å². The van der Waals surface area contributed by atoms with Gasteiger partial charge in [0.15, 0.2) is 0 Å². The number of hydrogen-bond acceptors (Lipinski definition) is 4. The molecule has 4 nitrogen and oxygen atoms in total. The summed E-state index contributed by atoms with van der Waals surface area (Å²) >= 11 is 0. The molecule has 0 spiro atoms. The highest BCUT2D eigenvalue weighted by atomic mass is 16.5. The van der Waals surface area contributed by atoms with Crippen molar-refractivity contribution in [1.82, 2.24) is 0 Å². The molecule has 0 N–H and O–H groups in total. The van der Waals surface area contributed by atoms with E-state index in [-0.39, 0.29) is 0 Å². The Balaban J connectivity index is 2.61. The Hall–Kier alpha value is -2.23. The van der Waals surface area contributed by atoms with Gasteiger partial charge < -0.3 is 13.9 Å². The van der Waals surface area contributed by atoms with Crippen LogP contribution in [0, 0.1) is 0 Å². The van der Waals surface area contributed by atoms with E-state index >= 15 is 0 Å². The van der Waals surface area contributed by atoms with Crippen LogP contribution in [0.5, 0.6) is 11.5 Å². The van der Waals surface area contributed by atoms with Crippen molar-refractivity contribution >= 4 is 11.0 Å². The molecule has 1 aromatic carbocycles. The van der Waals surface area contributed by atoms with Crippen molar-refractivity contribution in [1.29, 1.82) is 0 Å². The average Bonchev–Trinajstić information content (AvgIpc) is 2.35. The summed E-state index contributed by atoms with van der Waals surface area (Å²) in [6.45, 7) is 3.89. The minimum atomic E-state index is -0.443. The Morgan fingerprint density at radius 2 is 2.24 bits per heavy atom. The van der Waals surface area contributed by atoms with Gasteiger partial charge in [-0.25, -0.2) is 4.79 Å². The Morgan fingerprint density at radius 3 is 2.94 bits per heavy atom. The van der Waals surface area contributed by atoms with E-state index in [2.05, 4.69) is 6.58 Å². The van der Waals surface area contributed by atoms with E-state index in [0.29, 0.717) is 29.1 Å². The van der Waals surface area contributed by atoms with Gasteiger partial charge in [-0.15, -0.1) is 0 Å². The summed E-state index contributed by atoms with van der Waals surface area (Å²) in [4.78, 5) is 11.3. The number of benzene rings is 1. The topological polar surface area (TPSA) is 48.7 Å². The van der Waals surface area contributed by atoms with E-state index in [4.69, 9.17) is 13.9 Å². The third-order valence-corrected chi connectivity index (χ3v) is 2.27. The lowest BCUT2D eigenvalue weighted by atomic mass is 10.2. The van der Waals surface area contributed by atoms with Crippen molar-refractivity contribution in [2.24, 2.45) is 0 Å². The van der Waals surface area contributed by atoms with Gasteiger partial charge in [0, 0.05) is 0 Å². The summed E-state index contributed by atoms with van der Waals surface area (Å²) < 4.78 is 15.6. The summed E-state index contributed by atoms with van der Waals surface area (Å²) in [7, 11) is 1.57. The molecule has 1 heterocycles. The maximum atomic E-state index is 11.3. The molecule has 17 heavy (non-hydrogen) atoms. The summed E-state index contributed by atoms with van der Waals surface area (Å²) in [6.07, 6.45) is 1.61. The molecule has 4 heteroatoms. The fourth-order valence-corrected chi connectivity index (χ4v) is 1.51. The van der Waals surface area contributed by atoms with Gasteiger partial charge in [-0.3, -0.25) is 0 Å². The SMILES string of the molecule is C=CCOc1cc(=O)oc2ccc(OC)cc12. The average molecular weight is 232 g/mol. The molecule has 2 rings (SSSR count). The van der Waals surface area contributed by atoms with Gasteiger partial charge in [0.1, 0.15) is 23.7 Å². The molecule has 0 unspecified atom stereocenters. The molecule has 0 fully saturated rings. The number of rotatable bonds is 4. The molecule has 0 atom stereocenters. The van der Waals surface area contributed by atoms with Crippen LogP contribution >= 0.6 is 0 Å². The van der Waals surface area contributed by atoms with Gasteiger partial charge in [-0.1, -0.05) is 12.7 Å². The Labute approximate surface area is 98.1 Å². The molecule has 0 aliphatic rings. The Morgan fingerprint density at radius 1 is 1.41 bits per heavy atom. The second-order valence-corrected chi connectivity index (χ2v) is 3.39. The molecule has 0 saturated heterocycles. The highest BCUT2D eigenvalue weighted by Crippen LogP contribution is 2.27. The molecule has 1 aromatic heterocycles. The quantitative estimate of drug-likeness (QED) is 0.599. The molecule has 0 saturated carbocycles. The first-order valence-electron chi connectivity index (χ1n) is 5.10. The fourth-order valence-electron chi connectivity index (χ4n) is 1.51. The van der Waals surface area contributed by atoms with Gasteiger partial charge in [0.25, 0.3) is 0 Å². The van der Waals surface area contributed by atoms with E-state index in [1.807, 2.05) is 0 Å². The highest BCUT2D eigenvalue weighted by Gasteiger charge is 2.07. The van der Waals surface area contributed by atoms with Crippen molar-refractivity contribution in [3.05, 3.63) is 47.3 Å². The summed E-state index contributed by atoms with van der Waals surface area (Å²) in [5, 5.41) is 0.700. The second kappa shape index (κ2) is 4.74. The normalized spacial score (nSPS) is 10.2. The summed E-state index contributed by atoms with van der Waals surface area (Å²) in [6, 6.07) is 6.47. The predicted octanol–water partition coefficient (Wildman–Crippen LogP) is 2.37. The predicted molar refractivity (Wildman–Crippen MR) is 64.7 cm³/mol. The lowest BCUT2D eigenvalue weighted by Crippen LogP contribution is -2.01.